The molecule has 0 aromatic heterocycles. The van der Waals surface area contributed by atoms with Crippen molar-refractivity contribution in [3.63, 3.8) is 0 Å². The Bertz CT molecular complexity index is 430. The molecule has 1 unspecified atom stereocenters. The fraction of sp³-hybridized carbons (Fsp3) is 0.294. The minimum absolute atomic E-state index is 0.100. The van der Waals surface area contributed by atoms with Crippen molar-refractivity contribution in [2.75, 3.05) is 0 Å². The van der Waals surface area contributed by atoms with E-state index in [4.69, 9.17) is 4.43 Å². The van der Waals surface area contributed by atoms with Crippen LogP contribution in [-0.4, -0.2) is 9.76 Å². The highest BCUT2D eigenvalue weighted by Crippen LogP contribution is 2.26. The van der Waals surface area contributed by atoms with Crippen LogP contribution in [0, 0.1) is 0 Å². The Kier molecular flexibility index (Phi) is 5.37. The molecule has 0 bridgehead atoms. The second-order valence-electron chi connectivity index (χ2n) is 5.05. The molecule has 0 fully saturated rings. The first kappa shape index (κ1) is 14.0. The van der Waals surface area contributed by atoms with Crippen molar-refractivity contribution in [3.8, 4) is 0 Å². The van der Waals surface area contributed by atoms with Gasteiger partial charge in [-0.3, -0.25) is 0 Å². The van der Waals surface area contributed by atoms with Gasteiger partial charge in [0, 0.05) is 0 Å². The van der Waals surface area contributed by atoms with E-state index in [0.717, 1.165) is 5.54 Å². The van der Waals surface area contributed by atoms with E-state index < -0.39 is 9.76 Å². The lowest BCUT2D eigenvalue weighted by Crippen LogP contribution is -2.12. The van der Waals surface area contributed by atoms with Crippen molar-refractivity contribution in [2.24, 2.45) is 0 Å². The van der Waals surface area contributed by atoms with Crippen molar-refractivity contribution in [1.82, 2.24) is 0 Å². The summed E-state index contributed by atoms with van der Waals surface area (Å²) in [7, 11) is -0.499. The van der Waals surface area contributed by atoms with Gasteiger partial charge >= 0.3 is 0 Å². The molecular weight excluding hydrogens is 248 g/mol. The van der Waals surface area contributed by atoms with Gasteiger partial charge in [0.05, 0.1) is 6.10 Å². The molecule has 0 spiro atoms. The van der Waals surface area contributed by atoms with Crippen LogP contribution in [0.2, 0.25) is 5.54 Å². The molecule has 0 radical (unpaired) electrons. The van der Waals surface area contributed by atoms with Gasteiger partial charge in [0.2, 0.25) is 0 Å². The quantitative estimate of drug-likeness (QED) is 0.718. The first-order valence-electron chi connectivity index (χ1n) is 7.02. The summed E-state index contributed by atoms with van der Waals surface area (Å²) in [6.07, 6.45) is 1.31. The molecule has 2 aromatic rings. The summed E-state index contributed by atoms with van der Waals surface area (Å²) < 4.78 is 6.31. The summed E-state index contributed by atoms with van der Waals surface area (Å²) in [6, 6.07) is 21.1. The van der Waals surface area contributed by atoms with Gasteiger partial charge in [-0.05, 0) is 16.7 Å². The molecule has 2 aromatic carbocycles. The molecular formula is C17H22OSi. The third-order valence-electron chi connectivity index (χ3n) is 3.45. The maximum atomic E-state index is 6.31. The molecule has 0 aliphatic rings. The van der Waals surface area contributed by atoms with Gasteiger partial charge in [-0.2, -0.15) is 0 Å². The molecule has 1 nitrogen and oxygen atoms in total. The molecule has 0 aliphatic heterocycles. The molecule has 1 atom stereocenters. The highest BCUT2D eigenvalue weighted by atomic mass is 28.2. The van der Waals surface area contributed by atoms with E-state index in [2.05, 4.69) is 74.5 Å². The molecule has 100 valence electrons. The Labute approximate surface area is 118 Å². The highest BCUT2D eigenvalue weighted by molar-refractivity contribution is 6.29. The van der Waals surface area contributed by atoms with E-state index in [1.807, 2.05) is 0 Å². The van der Waals surface area contributed by atoms with Crippen molar-refractivity contribution in [1.29, 1.82) is 0 Å². The van der Waals surface area contributed by atoms with Crippen LogP contribution < -0.4 is 0 Å². The summed E-state index contributed by atoms with van der Waals surface area (Å²) in [5.74, 6) is 0. The minimum atomic E-state index is -0.499. The fourth-order valence-electron chi connectivity index (χ4n) is 2.02. The van der Waals surface area contributed by atoms with Crippen molar-refractivity contribution in [2.45, 2.75) is 31.9 Å². The average molecular weight is 270 g/mol. The first-order valence-corrected chi connectivity index (χ1v) is 8.42. The van der Waals surface area contributed by atoms with E-state index in [9.17, 15) is 0 Å². The Morgan fingerprint density at radius 2 is 1.37 bits per heavy atom. The lowest BCUT2D eigenvalue weighted by Gasteiger charge is -2.21. The molecule has 0 N–H and O–H groups in total. The Balaban J connectivity index is 2.19. The molecule has 0 saturated carbocycles. The van der Waals surface area contributed by atoms with Gasteiger partial charge in [0.1, 0.15) is 0 Å². The van der Waals surface area contributed by atoms with Crippen LogP contribution in [0.5, 0.6) is 0 Å². The SMILES string of the molecule is CCC(C)[SiH2]OC(c1ccccc1)c1ccccc1. The van der Waals surface area contributed by atoms with Crippen molar-refractivity contribution < 1.29 is 4.43 Å². The molecule has 0 saturated heterocycles. The average Bonchev–Trinajstić information content (AvgIpc) is 2.49. The predicted molar refractivity (Wildman–Crippen MR) is 84.1 cm³/mol. The smallest absolute Gasteiger partial charge is 0.165 e. The normalized spacial score (nSPS) is 13.2. The fourth-order valence-corrected chi connectivity index (χ4v) is 3.16. The zero-order valence-electron chi connectivity index (χ0n) is 11.8. The number of hydrogen-bond donors (Lipinski definition) is 0. The largest absolute Gasteiger partial charge is 0.413 e. The second kappa shape index (κ2) is 7.27. The first-order chi connectivity index (χ1) is 9.31. The van der Waals surface area contributed by atoms with E-state index in [-0.39, 0.29) is 6.10 Å². The van der Waals surface area contributed by atoms with Crippen LogP contribution in [0.3, 0.4) is 0 Å². The lowest BCUT2D eigenvalue weighted by molar-refractivity contribution is 0.256. The van der Waals surface area contributed by atoms with Crippen LogP contribution in [0.1, 0.15) is 37.5 Å². The summed E-state index contributed by atoms with van der Waals surface area (Å²) in [5, 5.41) is 0. The maximum Gasteiger partial charge on any atom is 0.165 e. The van der Waals surface area contributed by atoms with Gasteiger partial charge in [0.15, 0.2) is 9.76 Å². The number of rotatable bonds is 6. The lowest BCUT2D eigenvalue weighted by atomic mass is 10.0. The molecule has 2 heteroatoms. The zero-order chi connectivity index (χ0) is 13.5. The van der Waals surface area contributed by atoms with Crippen molar-refractivity contribution >= 4 is 9.76 Å². The summed E-state index contributed by atoms with van der Waals surface area (Å²) in [5.41, 5.74) is 3.24. The molecule has 0 aliphatic carbocycles. The summed E-state index contributed by atoms with van der Waals surface area (Å²) in [4.78, 5) is 0. The van der Waals surface area contributed by atoms with Gasteiger partial charge in [-0.1, -0.05) is 80.9 Å². The topological polar surface area (TPSA) is 9.23 Å². The van der Waals surface area contributed by atoms with Gasteiger partial charge < -0.3 is 4.43 Å². The molecule has 0 amide bonds. The number of benzene rings is 2. The van der Waals surface area contributed by atoms with E-state index in [0.29, 0.717) is 0 Å². The second-order valence-corrected chi connectivity index (χ2v) is 7.11. The van der Waals surface area contributed by atoms with Crippen LogP contribution in [-0.2, 0) is 4.43 Å². The Hall–Kier alpha value is -1.38. The standard InChI is InChI=1S/C17H22OSi/c1-3-14(2)19-18-17(15-10-6-4-7-11-15)16-12-8-5-9-13-16/h4-14,17H,3,19H2,1-2H3. The maximum absolute atomic E-state index is 6.31. The van der Waals surface area contributed by atoms with Crippen LogP contribution in [0.25, 0.3) is 0 Å². The van der Waals surface area contributed by atoms with Gasteiger partial charge in [-0.15, -0.1) is 0 Å². The monoisotopic (exact) mass is 270 g/mol. The predicted octanol–water partition coefficient (Wildman–Crippen LogP) is 4.09. The van der Waals surface area contributed by atoms with Crippen LogP contribution in [0.15, 0.2) is 60.7 Å². The van der Waals surface area contributed by atoms with Crippen LogP contribution >= 0.6 is 0 Å². The molecule has 19 heavy (non-hydrogen) atoms. The van der Waals surface area contributed by atoms with Crippen molar-refractivity contribution in [3.05, 3.63) is 71.8 Å². The minimum Gasteiger partial charge on any atom is -0.413 e. The van der Waals surface area contributed by atoms with E-state index in [1.54, 1.807) is 0 Å². The van der Waals surface area contributed by atoms with Crippen LogP contribution in [0.4, 0.5) is 0 Å². The van der Waals surface area contributed by atoms with Gasteiger partial charge in [0.25, 0.3) is 0 Å². The molecule has 0 heterocycles. The zero-order valence-corrected chi connectivity index (χ0v) is 13.2. The third kappa shape index (κ3) is 4.05. The van der Waals surface area contributed by atoms with Gasteiger partial charge in [-0.25, -0.2) is 0 Å². The summed E-state index contributed by atoms with van der Waals surface area (Å²) in [6.45, 7) is 4.53. The number of hydrogen-bond acceptors (Lipinski definition) is 1. The Morgan fingerprint density at radius 1 is 0.895 bits per heavy atom. The van der Waals surface area contributed by atoms with E-state index in [1.165, 1.54) is 17.5 Å². The molecule has 2 rings (SSSR count). The third-order valence-corrected chi connectivity index (χ3v) is 5.12. The summed E-state index contributed by atoms with van der Waals surface area (Å²) >= 11 is 0. The highest BCUT2D eigenvalue weighted by Gasteiger charge is 2.15. The van der Waals surface area contributed by atoms with E-state index >= 15 is 0 Å². The Morgan fingerprint density at radius 3 is 1.79 bits per heavy atom.